The molecule has 0 bridgehead atoms. The van der Waals surface area contributed by atoms with Crippen molar-refractivity contribution < 1.29 is 4.79 Å². The molecule has 0 aromatic heterocycles. The van der Waals surface area contributed by atoms with Crippen LogP contribution in [0.25, 0.3) is 0 Å². The van der Waals surface area contributed by atoms with E-state index >= 15 is 0 Å². The number of nitrogens with zero attached hydrogens (tertiary/aromatic N) is 1. The second-order valence-corrected chi connectivity index (χ2v) is 6.25. The molecule has 0 aliphatic carbocycles. The number of carbonyl (C=O) groups excluding carboxylic acids is 1. The van der Waals surface area contributed by atoms with Gasteiger partial charge in [0.15, 0.2) is 0 Å². The van der Waals surface area contributed by atoms with Gasteiger partial charge in [0.05, 0.1) is 5.56 Å². The van der Waals surface area contributed by atoms with Crippen molar-refractivity contribution in [3.05, 3.63) is 31.8 Å². The van der Waals surface area contributed by atoms with Crippen molar-refractivity contribution in [3.63, 3.8) is 0 Å². The van der Waals surface area contributed by atoms with Gasteiger partial charge in [-0.05, 0) is 47.7 Å². The Kier molecular flexibility index (Phi) is 4.43. The van der Waals surface area contributed by atoms with Gasteiger partial charge in [0, 0.05) is 33.7 Å². The van der Waals surface area contributed by atoms with Crippen molar-refractivity contribution in [1.82, 2.24) is 10.2 Å². The number of hydrogen-bond acceptors (Lipinski definition) is 2. The summed E-state index contributed by atoms with van der Waals surface area (Å²) in [6, 6.07) is 6.08. The predicted molar refractivity (Wildman–Crippen MR) is 80.2 cm³/mol. The molecule has 0 radical (unpaired) electrons. The minimum atomic E-state index is 0.129. The summed E-state index contributed by atoms with van der Waals surface area (Å²) >= 11 is 5.63. The van der Waals surface area contributed by atoms with Crippen LogP contribution in [0.4, 0.5) is 0 Å². The van der Waals surface area contributed by atoms with E-state index in [2.05, 4.69) is 50.8 Å². The number of halogens is 2. The van der Waals surface area contributed by atoms with Gasteiger partial charge in [-0.15, -0.1) is 0 Å². The minimum absolute atomic E-state index is 0.129. The first kappa shape index (κ1) is 13.3. The number of amides is 1. The Morgan fingerprint density at radius 1 is 1.59 bits per heavy atom. The van der Waals surface area contributed by atoms with E-state index in [0.717, 1.165) is 33.2 Å². The van der Waals surface area contributed by atoms with Crippen molar-refractivity contribution in [1.29, 1.82) is 0 Å². The maximum atomic E-state index is 12.5. The zero-order valence-corrected chi connectivity index (χ0v) is 13.3. The van der Waals surface area contributed by atoms with E-state index in [-0.39, 0.29) is 11.9 Å². The van der Waals surface area contributed by atoms with Crippen LogP contribution in [0.5, 0.6) is 0 Å². The fraction of sp³-hybridized carbons (Fsp3) is 0.417. The molecule has 3 nitrogen and oxygen atoms in total. The number of piperazine rings is 1. The Morgan fingerprint density at radius 2 is 2.35 bits per heavy atom. The monoisotopic (exact) mass is 408 g/mol. The molecule has 2 rings (SSSR count). The average Bonchev–Trinajstić information content (AvgIpc) is 2.32. The second kappa shape index (κ2) is 5.67. The van der Waals surface area contributed by atoms with Crippen molar-refractivity contribution in [3.8, 4) is 0 Å². The van der Waals surface area contributed by atoms with E-state index < -0.39 is 0 Å². The smallest absolute Gasteiger partial charge is 0.255 e. The highest BCUT2D eigenvalue weighted by Gasteiger charge is 2.25. The molecular weight excluding hydrogens is 395 g/mol. The summed E-state index contributed by atoms with van der Waals surface area (Å²) in [7, 11) is 0. The lowest BCUT2D eigenvalue weighted by Crippen LogP contribution is -2.52. The molecule has 1 fully saturated rings. The molecule has 17 heavy (non-hydrogen) atoms. The number of rotatable bonds is 1. The summed E-state index contributed by atoms with van der Waals surface area (Å²) in [5.74, 6) is 0.129. The van der Waals surface area contributed by atoms with Gasteiger partial charge in [0.1, 0.15) is 0 Å². The first-order valence-electron chi connectivity index (χ1n) is 5.56. The molecule has 0 saturated carbocycles. The molecule has 5 heteroatoms. The molecule has 1 aromatic rings. The molecule has 1 aliphatic heterocycles. The molecule has 0 unspecified atom stereocenters. The highest BCUT2D eigenvalue weighted by Crippen LogP contribution is 2.21. The van der Waals surface area contributed by atoms with E-state index in [1.54, 1.807) is 0 Å². The van der Waals surface area contributed by atoms with Gasteiger partial charge in [-0.25, -0.2) is 0 Å². The molecular formula is C12H14BrIN2O. The van der Waals surface area contributed by atoms with Crippen LogP contribution < -0.4 is 5.32 Å². The third-order valence-electron chi connectivity index (χ3n) is 2.92. The van der Waals surface area contributed by atoms with Crippen LogP contribution in [0.1, 0.15) is 17.3 Å². The lowest BCUT2D eigenvalue weighted by Gasteiger charge is -2.34. The Hall–Kier alpha value is -0.140. The molecule has 1 aliphatic rings. The fourth-order valence-electron chi connectivity index (χ4n) is 1.96. The zero-order chi connectivity index (χ0) is 12.4. The summed E-state index contributed by atoms with van der Waals surface area (Å²) in [4.78, 5) is 14.4. The average molecular weight is 409 g/mol. The Bertz CT molecular complexity index is 439. The normalized spacial score (nSPS) is 20.4. The van der Waals surface area contributed by atoms with Gasteiger partial charge in [0.25, 0.3) is 5.91 Å². The van der Waals surface area contributed by atoms with Crippen LogP contribution >= 0.6 is 38.5 Å². The largest absolute Gasteiger partial charge is 0.333 e. The standard InChI is InChI=1S/C12H14BrIN2O/c1-8-7-15-4-5-16(8)12(17)10-6-9(13)2-3-11(10)14/h2-3,6,8,15H,4-5,7H2,1H3/t8-/m1/s1. The van der Waals surface area contributed by atoms with Crippen LogP contribution in [0.15, 0.2) is 22.7 Å². The third kappa shape index (κ3) is 3.00. The molecule has 92 valence electrons. The Labute approximate surface area is 123 Å². The summed E-state index contributed by atoms with van der Waals surface area (Å²) in [6.45, 7) is 4.61. The topological polar surface area (TPSA) is 32.3 Å². The summed E-state index contributed by atoms with van der Waals surface area (Å²) in [6.07, 6.45) is 0. The minimum Gasteiger partial charge on any atom is -0.333 e. The lowest BCUT2D eigenvalue weighted by molar-refractivity contribution is 0.0654. The second-order valence-electron chi connectivity index (χ2n) is 4.18. The number of nitrogens with one attached hydrogen (secondary N) is 1. The van der Waals surface area contributed by atoms with E-state index in [1.807, 2.05) is 23.1 Å². The number of hydrogen-bond donors (Lipinski definition) is 1. The van der Waals surface area contributed by atoms with Crippen LogP contribution in [0.2, 0.25) is 0 Å². The maximum Gasteiger partial charge on any atom is 0.255 e. The third-order valence-corrected chi connectivity index (χ3v) is 4.35. The summed E-state index contributed by atoms with van der Waals surface area (Å²) < 4.78 is 1.95. The molecule has 1 atom stereocenters. The fourth-order valence-corrected chi connectivity index (χ4v) is 2.89. The highest BCUT2D eigenvalue weighted by molar-refractivity contribution is 14.1. The van der Waals surface area contributed by atoms with Crippen LogP contribution in [0.3, 0.4) is 0 Å². The molecule has 1 heterocycles. The first-order valence-corrected chi connectivity index (χ1v) is 7.43. The van der Waals surface area contributed by atoms with Crippen LogP contribution in [-0.2, 0) is 0 Å². The van der Waals surface area contributed by atoms with Crippen molar-refractivity contribution in [2.24, 2.45) is 0 Å². The number of benzene rings is 1. The molecule has 1 N–H and O–H groups in total. The SMILES string of the molecule is C[C@@H]1CNCCN1C(=O)c1cc(Br)ccc1I. The molecule has 1 amide bonds. The van der Waals surface area contributed by atoms with Gasteiger partial charge >= 0.3 is 0 Å². The Morgan fingerprint density at radius 3 is 3.06 bits per heavy atom. The van der Waals surface area contributed by atoms with Gasteiger partial charge < -0.3 is 10.2 Å². The van der Waals surface area contributed by atoms with E-state index in [1.165, 1.54) is 0 Å². The highest BCUT2D eigenvalue weighted by atomic mass is 127. The molecule has 0 spiro atoms. The maximum absolute atomic E-state index is 12.5. The van der Waals surface area contributed by atoms with Gasteiger partial charge in [0.2, 0.25) is 0 Å². The summed E-state index contributed by atoms with van der Waals surface area (Å²) in [5.41, 5.74) is 0.786. The van der Waals surface area contributed by atoms with E-state index in [0.29, 0.717) is 0 Å². The summed E-state index contributed by atoms with van der Waals surface area (Å²) in [5, 5.41) is 3.29. The van der Waals surface area contributed by atoms with Crippen molar-refractivity contribution in [2.45, 2.75) is 13.0 Å². The predicted octanol–water partition coefficient (Wildman–Crippen LogP) is 2.49. The molecule has 1 saturated heterocycles. The van der Waals surface area contributed by atoms with Gasteiger partial charge in [-0.1, -0.05) is 15.9 Å². The molecule has 1 aromatic carbocycles. The van der Waals surface area contributed by atoms with E-state index in [4.69, 9.17) is 0 Å². The van der Waals surface area contributed by atoms with Crippen molar-refractivity contribution >= 4 is 44.4 Å². The zero-order valence-electron chi connectivity index (χ0n) is 9.54. The van der Waals surface area contributed by atoms with Gasteiger partial charge in [-0.3, -0.25) is 4.79 Å². The van der Waals surface area contributed by atoms with Gasteiger partial charge in [-0.2, -0.15) is 0 Å². The van der Waals surface area contributed by atoms with Crippen LogP contribution in [0, 0.1) is 3.57 Å². The van der Waals surface area contributed by atoms with Crippen molar-refractivity contribution in [2.75, 3.05) is 19.6 Å². The first-order chi connectivity index (χ1) is 8.09. The number of carbonyl (C=O) groups is 1. The lowest BCUT2D eigenvalue weighted by atomic mass is 10.1. The Balaban J connectivity index is 2.26. The van der Waals surface area contributed by atoms with Crippen LogP contribution in [-0.4, -0.2) is 36.5 Å². The van der Waals surface area contributed by atoms with E-state index in [9.17, 15) is 4.79 Å². The quantitative estimate of drug-likeness (QED) is 0.724.